The minimum absolute atomic E-state index is 0.388. The third-order valence-electron chi connectivity index (χ3n) is 2.62. The molecule has 104 valence electrons. The van der Waals surface area contributed by atoms with Gasteiger partial charge in [-0.25, -0.2) is 19.2 Å². The molecule has 0 radical (unpaired) electrons. The Morgan fingerprint density at radius 1 is 1.32 bits per heavy atom. The van der Waals surface area contributed by atoms with E-state index in [0.717, 1.165) is 12.1 Å². The summed E-state index contributed by atoms with van der Waals surface area (Å²) >= 11 is 5.30. The van der Waals surface area contributed by atoms with Crippen molar-refractivity contribution in [2.45, 2.75) is 6.18 Å². The van der Waals surface area contributed by atoms with E-state index in [1.165, 1.54) is 0 Å². The number of hydrogen-bond acceptors (Lipinski definition) is 2. The van der Waals surface area contributed by atoms with Crippen LogP contribution in [0.25, 0.3) is 0 Å². The second kappa shape index (κ2) is 4.61. The number of nitrogens with one attached hydrogen (secondary N) is 1. The van der Waals surface area contributed by atoms with E-state index < -0.39 is 46.9 Å². The van der Waals surface area contributed by atoms with Crippen molar-refractivity contribution >= 4 is 23.2 Å². The van der Waals surface area contributed by atoms with Crippen LogP contribution in [-0.4, -0.2) is 18.6 Å². The van der Waals surface area contributed by atoms with Crippen LogP contribution in [0.4, 0.5) is 27.6 Å². The summed E-state index contributed by atoms with van der Waals surface area (Å²) < 4.78 is 64.0. The first-order chi connectivity index (χ1) is 8.73. The Morgan fingerprint density at radius 3 is 2.47 bits per heavy atom. The van der Waals surface area contributed by atoms with Gasteiger partial charge in [0.25, 0.3) is 5.91 Å². The fourth-order valence-electron chi connectivity index (χ4n) is 1.65. The first-order valence-corrected chi connectivity index (χ1v) is 5.39. The molecule has 0 saturated carbocycles. The van der Waals surface area contributed by atoms with Crippen molar-refractivity contribution in [3.63, 3.8) is 0 Å². The number of alkyl halides is 3. The number of hydrogen-bond donors (Lipinski definition) is 1. The molecule has 1 amide bonds. The van der Waals surface area contributed by atoms with Gasteiger partial charge in [0.2, 0.25) is 0 Å². The molecule has 1 aromatic rings. The van der Waals surface area contributed by atoms with Crippen molar-refractivity contribution in [3.8, 4) is 0 Å². The summed E-state index contributed by atoms with van der Waals surface area (Å²) in [5.41, 5.74) is 1.56. The van der Waals surface area contributed by atoms with E-state index in [1.807, 2.05) is 0 Å². The molecule has 1 aliphatic heterocycles. The summed E-state index contributed by atoms with van der Waals surface area (Å²) in [6, 6.07) is 1.59. The molecular formula is C10H6ClF5N2O. The van der Waals surface area contributed by atoms with Crippen LogP contribution in [0.2, 0.25) is 5.02 Å². The summed E-state index contributed by atoms with van der Waals surface area (Å²) in [6.07, 6.45) is -4.74. The van der Waals surface area contributed by atoms with Gasteiger partial charge in [-0.15, -0.1) is 0 Å². The second-order valence-electron chi connectivity index (χ2n) is 3.82. The van der Waals surface area contributed by atoms with Crippen molar-refractivity contribution in [1.82, 2.24) is 5.43 Å². The van der Waals surface area contributed by atoms with Gasteiger partial charge in [0.15, 0.2) is 5.82 Å². The first kappa shape index (κ1) is 14.0. The third kappa shape index (κ3) is 2.37. The van der Waals surface area contributed by atoms with Crippen LogP contribution in [0.5, 0.6) is 0 Å². The summed E-state index contributed by atoms with van der Waals surface area (Å²) in [5, 5.41) is -0.499. The molecule has 1 unspecified atom stereocenters. The van der Waals surface area contributed by atoms with E-state index in [9.17, 15) is 26.7 Å². The molecule has 1 atom stereocenters. The number of amides is 1. The molecule has 1 saturated heterocycles. The number of nitrogens with zero attached hydrogens (tertiary/aromatic N) is 1. The molecule has 0 spiro atoms. The highest BCUT2D eigenvalue weighted by atomic mass is 35.5. The smallest absolute Gasteiger partial charge is 0.272 e. The predicted octanol–water partition coefficient (Wildman–Crippen LogP) is 2.65. The molecule has 9 heteroatoms. The number of halogens is 6. The first-order valence-electron chi connectivity index (χ1n) is 5.01. The quantitative estimate of drug-likeness (QED) is 0.639. The van der Waals surface area contributed by atoms with Crippen LogP contribution < -0.4 is 10.4 Å². The van der Waals surface area contributed by atoms with Gasteiger partial charge in [0, 0.05) is 6.54 Å². The normalized spacial score (nSPS) is 20.2. The second-order valence-corrected chi connectivity index (χ2v) is 4.20. The van der Waals surface area contributed by atoms with Gasteiger partial charge >= 0.3 is 6.18 Å². The maximum absolute atomic E-state index is 13.6. The fourth-order valence-corrected chi connectivity index (χ4v) is 1.81. The maximum Gasteiger partial charge on any atom is 0.401 e. The lowest BCUT2D eigenvalue weighted by Gasteiger charge is -2.18. The highest BCUT2D eigenvalue weighted by Gasteiger charge is 2.51. The fraction of sp³-hybridized carbons (Fsp3) is 0.300. The van der Waals surface area contributed by atoms with Crippen LogP contribution in [0, 0.1) is 17.6 Å². The monoisotopic (exact) mass is 300 g/mol. The Balaban J connectivity index is 2.35. The zero-order valence-corrected chi connectivity index (χ0v) is 9.82. The maximum atomic E-state index is 13.6. The lowest BCUT2D eigenvalue weighted by Crippen LogP contribution is -2.37. The van der Waals surface area contributed by atoms with E-state index in [-0.39, 0.29) is 0 Å². The molecule has 3 nitrogen and oxygen atoms in total. The number of benzene rings is 1. The Labute approximate surface area is 108 Å². The number of rotatable bonds is 1. The topological polar surface area (TPSA) is 32.3 Å². The molecule has 1 fully saturated rings. The molecule has 0 aliphatic carbocycles. The SMILES string of the molecule is O=C1C(C(F)(F)F)CNN1c1ccc(F)c(Cl)c1F. The lowest BCUT2D eigenvalue weighted by molar-refractivity contribution is -0.174. The van der Waals surface area contributed by atoms with Crippen molar-refractivity contribution in [3.05, 3.63) is 28.8 Å². The number of anilines is 1. The van der Waals surface area contributed by atoms with E-state index in [0.29, 0.717) is 5.01 Å². The summed E-state index contributed by atoms with van der Waals surface area (Å²) in [4.78, 5) is 11.5. The highest BCUT2D eigenvalue weighted by Crippen LogP contribution is 2.34. The standard InChI is InChI=1S/C10H6ClF5N2O/c11-7-5(12)1-2-6(8(7)13)18-9(19)4(3-17-18)10(14,15)16/h1-2,4,17H,3H2. The van der Waals surface area contributed by atoms with Gasteiger partial charge < -0.3 is 0 Å². The Bertz CT molecular complexity index is 533. The average molecular weight is 301 g/mol. The Kier molecular flexibility index (Phi) is 3.40. The van der Waals surface area contributed by atoms with Gasteiger partial charge in [-0.05, 0) is 12.1 Å². The third-order valence-corrected chi connectivity index (χ3v) is 2.97. The molecule has 1 aromatic carbocycles. The van der Waals surface area contributed by atoms with E-state index in [2.05, 4.69) is 5.43 Å². The largest absolute Gasteiger partial charge is 0.401 e. The van der Waals surface area contributed by atoms with Crippen LogP contribution in [0.3, 0.4) is 0 Å². The Morgan fingerprint density at radius 2 is 1.95 bits per heavy atom. The number of carbonyl (C=O) groups excluding carboxylic acids is 1. The van der Waals surface area contributed by atoms with E-state index >= 15 is 0 Å². The minimum atomic E-state index is -4.74. The van der Waals surface area contributed by atoms with Crippen molar-refractivity contribution in [2.75, 3.05) is 11.6 Å². The number of hydrazine groups is 1. The van der Waals surface area contributed by atoms with Crippen LogP contribution >= 0.6 is 11.6 Å². The van der Waals surface area contributed by atoms with Gasteiger partial charge in [-0.2, -0.15) is 13.2 Å². The van der Waals surface area contributed by atoms with E-state index in [1.54, 1.807) is 0 Å². The molecule has 2 rings (SSSR count). The lowest BCUT2D eigenvalue weighted by atomic mass is 10.1. The summed E-state index contributed by atoms with van der Waals surface area (Å²) in [7, 11) is 0. The van der Waals surface area contributed by atoms with E-state index in [4.69, 9.17) is 11.6 Å². The van der Waals surface area contributed by atoms with Gasteiger partial charge in [0.1, 0.15) is 16.8 Å². The molecular weight excluding hydrogens is 295 g/mol. The average Bonchev–Trinajstić information content (AvgIpc) is 2.68. The zero-order chi connectivity index (χ0) is 14.4. The Hall–Kier alpha value is -1.41. The van der Waals surface area contributed by atoms with Crippen LogP contribution in [0.15, 0.2) is 12.1 Å². The van der Waals surface area contributed by atoms with Crippen molar-refractivity contribution in [2.24, 2.45) is 5.92 Å². The van der Waals surface area contributed by atoms with Gasteiger partial charge in [-0.3, -0.25) is 4.79 Å². The van der Waals surface area contributed by atoms with Gasteiger partial charge in [0.05, 0.1) is 5.69 Å². The predicted molar refractivity (Wildman–Crippen MR) is 56.4 cm³/mol. The molecule has 1 N–H and O–H groups in total. The molecule has 19 heavy (non-hydrogen) atoms. The van der Waals surface area contributed by atoms with Crippen LogP contribution in [-0.2, 0) is 4.79 Å². The van der Waals surface area contributed by atoms with Crippen molar-refractivity contribution < 1.29 is 26.7 Å². The van der Waals surface area contributed by atoms with Crippen LogP contribution in [0.1, 0.15) is 0 Å². The molecule has 0 aromatic heterocycles. The molecule has 0 bridgehead atoms. The minimum Gasteiger partial charge on any atom is -0.272 e. The summed E-state index contributed by atoms with van der Waals surface area (Å²) in [5.74, 6) is -6.00. The number of carbonyl (C=O) groups is 1. The summed E-state index contributed by atoms with van der Waals surface area (Å²) in [6.45, 7) is -0.712. The highest BCUT2D eigenvalue weighted by molar-refractivity contribution is 6.31. The zero-order valence-electron chi connectivity index (χ0n) is 9.06. The van der Waals surface area contributed by atoms with Crippen molar-refractivity contribution in [1.29, 1.82) is 0 Å². The van der Waals surface area contributed by atoms with Gasteiger partial charge in [-0.1, -0.05) is 11.6 Å². The molecule has 1 aliphatic rings. The molecule has 1 heterocycles.